The van der Waals surface area contributed by atoms with Crippen molar-refractivity contribution in [3.63, 3.8) is 0 Å². The zero-order chi connectivity index (χ0) is 7.68. The fraction of sp³-hybridized carbons (Fsp3) is 1.00. The molecule has 1 heterocycles. The highest BCUT2D eigenvalue weighted by molar-refractivity contribution is 4.87. The van der Waals surface area contributed by atoms with Gasteiger partial charge in [-0.15, -0.1) is 0 Å². The average Bonchev–Trinajstić information content (AvgIpc) is 2.04. The summed E-state index contributed by atoms with van der Waals surface area (Å²) in [5.41, 5.74) is 0. The number of hydrogen-bond acceptors (Lipinski definition) is 2. The molecule has 1 aliphatic heterocycles. The van der Waals surface area contributed by atoms with E-state index in [1.165, 1.54) is 32.2 Å². The van der Waals surface area contributed by atoms with Crippen LogP contribution in [0.2, 0.25) is 0 Å². The molecule has 2 nitrogen and oxygen atoms in total. The normalized spacial score (nSPS) is 45.0. The van der Waals surface area contributed by atoms with E-state index in [9.17, 15) is 0 Å². The molecule has 3 unspecified atom stereocenters. The Morgan fingerprint density at radius 1 is 1.18 bits per heavy atom. The Morgan fingerprint density at radius 3 is 2.91 bits per heavy atom. The van der Waals surface area contributed by atoms with E-state index in [4.69, 9.17) is 0 Å². The van der Waals surface area contributed by atoms with E-state index in [1.807, 2.05) is 0 Å². The molecule has 3 atom stereocenters. The third kappa shape index (κ3) is 1.57. The molecule has 0 amide bonds. The largest absolute Gasteiger partial charge is 0.302 e. The van der Waals surface area contributed by atoms with Gasteiger partial charge in [0.1, 0.15) is 0 Å². The van der Waals surface area contributed by atoms with Gasteiger partial charge in [-0.05, 0) is 25.7 Å². The maximum Gasteiger partial charge on any atom is 0.0544 e. The van der Waals surface area contributed by atoms with Crippen molar-refractivity contribution in [2.45, 2.75) is 44.8 Å². The van der Waals surface area contributed by atoms with Gasteiger partial charge in [0.15, 0.2) is 0 Å². The highest BCUT2D eigenvalue weighted by Crippen LogP contribution is 2.25. The topological polar surface area (TPSA) is 24.1 Å². The zero-order valence-electron chi connectivity index (χ0n) is 7.27. The van der Waals surface area contributed by atoms with Gasteiger partial charge in [-0.3, -0.25) is 5.32 Å². The van der Waals surface area contributed by atoms with Gasteiger partial charge in [0.2, 0.25) is 0 Å². The van der Waals surface area contributed by atoms with E-state index in [0.29, 0.717) is 6.17 Å². The van der Waals surface area contributed by atoms with Crippen LogP contribution in [-0.2, 0) is 0 Å². The predicted molar refractivity (Wildman–Crippen MR) is 46.3 cm³/mol. The lowest BCUT2D eigenvalue weighted by Crippen LogP contribution is -2.57. The summed E-state index contributed by atoms with van der Waals surface area (Å²) in [5.74, 6) is 0.917. The van der Waals surface area contributed by atoms with Gasteiger partial charge in [0.05, 0.1) is 6.17 Å². The van der Waals surface area contributed by atoms with Crippen LogP contribution in [0.5, 0.6) is 0 Å². The summed E-state index contributed by atoms with van der Waals surface area (Å²) in [6.45, 7) is 3.45. The second kappa shape index (κ2) is 3.11. The Balaban J connectivity index is 1.93. The van der Waals surface area contributed by atoms with E-state index in [-0.39, 0.29) is 0 Å². The van der Waals surface area contributed by atoms with Crippen LogP contribution in [0.25, 0.3) is 0 Å². The molecular weight excluding hydrogens is 136 g/mol. The SMILES string of the molecule is CC1NCC2CCCCC2N1. The quantitative estimate of drug-likeness (QED) is 0.545. The monoisotopic (exact) mass is 154 g/mol. The number of rotatable bonds is 0. The lowest BCUT2D eigenvalue weighted by molar-refractivity contribution is 0.179. The molecule has 64 valence electrons. The standard InChI is InChI=1S/C9H18N2/c1-7-10-6-8-4-2-3-5-9(8)11-7/h7-11H,2-6H2,1H3. The summed E-state index contributed by atoms with van der Waals surface area (Å²) in [6.07, 6.45) is 6.24. The molecular formula is C9H18N2. The van der Waals surface area contributed by atoms with Crippen LogP contribution >= 0.6 is 0 Å². The summed E-state index contributed by atoms with van der Waals surface area (Å²) in [5, 5.41) is 7.08. The molecule has 0 aromatic heterocycles. The first kappa shape index (κ1) is 7.56. The van der Waals surface area contributed by atoms with Crippen LogP contribution < -0.4 is 10.6 Å². The zero-order valence-corrected chi connectivity index (χ0v) is 7.27. The highest BCUT2D eigenvalue weighted by atomic mass is 15.2. The molecule has 2 aliphatic rings. The molecule has 1 saturated carbocycles. The predicted octanol–water partition coefficient (Wildman–Crippen LogP) is 1.08. The first-order chi connectivity index (χ1) is 5.36. The van der Waals surface area contributed by atoms with Gasteiger partial charge < -0.3 is 5.32 Å². The van der Waals surface area contributed by atoms with Crippen LogP contribution in [0.3, 0.4) is 0 Å². The Hall–Kier alpha value is -0.0800. The third-order valence-electron chi connectivity index (χ3n) is 3.06. The molecule has 2 fully saturated rings. The van der Waals surface area contributed by atoms with Crippen LogP contribution in [0.15, 0.2) is 0 Å². The van der Waals surface area contributed by atoms with Gasteiger partial charge in [-0.2, -0.15) is 0 Å². The summed E-state index contributed by atoms with van der Waals surface area (Å²) >= 11 is 0. The Morgan fingerprint density at radius 2 is 2.00 bits per heavy atom. The van der Waals surface area contributed by atoms with E-state index in [0.717, 1.165) is 12.0 Å². The molecule has 0 bridgehead atoms. The second-order valence-corrected chi connectivity index (χ2v) is 3.95. The minimum absolute atomic E-state index is 0.536. The average molecular weight is 154 g/mol. The fourth-order valence-corrected chi connectivity index (χ4v) is 2.38. The smallest absolute Gasteiger partial charge is 0.0544 e. The number of hydrogen-bond donors (Lipinski definition) is 2. The van der Waals surface area contributed by atoms with E-state index >= 15 is 0 Å². The Labute approximate surface area is 68.7 Å². The molecule has 1 saturated heterocycles. The summed E-state index contributed by atoms with van der Waals surface area (Å²) in [6, 6.07) is 0.819. The van der Waals surface area contributed by atoms with Crippen molar-refractivity contribution in [1.82, 2.24) is 10.6 Å². The van der Waals surface area contributed by atoms with E-state index < -0.39 is 0 Å². The first-order valence-electron chi connectivity index (χ1n) is 4.86. The minimum Gasteiger partial charge on any atom is -0.302 e. The maximum atomic E-state index is 3.61. The van der Waals surface area contributed by atoms with E-state index in [2.05, 4.69) is 17.6 Å². The lowest BCUT2D eigenvalue weighted by Gasteiger charge is -2.40. The van der Waals surface area contributed by atoms with Crippen molar-refractivity contribution < 1.29 is 0 Å². The van der Waals surface area contributed by atoms with Gasteiger partial charge in [0.25, 0.3) is 0 Å². The lowest BCUT2D eigenvalue weighted by atomic mass is 9.83. The minimum atomic E-state index is 0.536. The van der Waals surface area contributed by atoms with Gasteiger partial charge in [-0.1, -0.05) is 12.8 Å². The van der Waals surface area contributed by atoms with Crippen molar-refractivity contribution in [3.05, 3.63) is 0 Å². The van der Waals surface area contributed by atoms with Crippen molar-refractivity contribution in [2.75, 3.05) is 6.54 Å². The molecule has 0 aromatic carbocycles. The third-order valence-corrected chi connectivity index (χ3v) is 3.06. The molecule has 2 heteroatoms. The van der Waals surface area contributed by atoms with Crippen molar-refractivity contribution in [2.24, 2.45) is 5.92 Å². The molecule has 11 heavy (non-hydrogen) atoms. The molecule has 1 aliphatic carbocycles. The van der Waals surface area contributed by atoms with Crippen LogP contribution in [0.1, 0.15) is 32.6 Å². The van der Waals surface area contributed by atoms with Crippen molar-refractivity contribution in [1.29, 1.82) is 0 Å². The first-order valence-corrected chi connectivity index (χ1v) is 4.86. The van der Waals surface area contributed by atoms with Crippen molar-refractivity contribution >= 4 is 0 Å². The summed E-state index contributed by atoms with van der Waals surface area (Å²) in [4.78, 5) is 0. The fourth-order valence-electron chi connectivity index (χ4n) is 2.38. The maximum absolute atomic E-state index is 3.61. The Kier molecular flexibility index (Phi) is 2.14. The molecule has 2 N–H and O–H groups in total. The van der Waals surface area contributed by atoms with Crippen LogP contribution in [0, 0.1) is 5.92 Å². The van der Waals surface area contributed by atoms with Gasteiger partial charge >= 0.3 is 0 Å². The number of nitrogens with one attached hydrogen (secondary N) is 2. The molecule has 0 radical (unpaired) electrons. The molecule has 2 rings (SSSR count). The highest BCUT2D eigenvalue weighted by Gasteiger charge is 2.29. The van der Waals surface area contributed by atoms with Gasteiger partial charge in [0, 0.05) is 12.6 Å². The summed E-state index contributed by atoms with van der Waals surface area (Å²) in [7, 11) is 0. The van der Waals surface area contributed by atoms with Crippen molar-refractivity contribution in [3.8, 4) is 0 Å². The molecule has 0 spiro atoms. The molecule has 0 aromatic rings. The summed E-state index contributed by atoms with van der Waals surface area (Å²) < 4.78 is 0. The van der Waals surface area contributed by atoms with Gasteiger partial charge in [-0.25, -0.2) is 0 Å². The van der Waals surface area contributed by atoms with Crippen LogP contribution in [0.4, 0.5) is 0 Å². The van der Waals surface area contributed by atoms with Crippen LogP contribution in [-0.4, -0.2) is 18.8 Å². The Bertz CT molecular complexity index is 136. The number of fused-ring (bicyclic) bond motifs is 1. The van der Waals surface area contributed by atoms with E-state index in [1.54, 1.807) is 0 Å². The second-order valence-electron chi connectivity index (χ2n) is 3.95.